The third-order valence-electron chi connectivity index (χ3n) is 3.80. The minimum atomic E-state index is -0.585. The molecule has 126 valence electrons. The van der Waals surface area contributed by atoms with E-state index in [4.69, 9.17) is 4.42 Å². The van der Waals surface area contributed by atoms with Crippen molar-refractivity contribution >= 4 is 29.3 Å². The van der Waals surface area contributed by atoms with Crippen LogP contribution in [-0.2, 0) is 16.0 Å². The highest BCUT2D eigenvalue weighted by atomic mass is 32.2. The van der Waals surface area contributed by atoms with Crippen molar-refractivity contribution < 1.29 is 18.4 Å². The first-order chi connectivity index (χ1) is 11.6. The first-order valence-corrected chi connectivity index (χ1v) is 8.75. The Morgan fingerprint density at radius 2 is 2.12 bits per heavy atom. The van der Waals surface area contributed by atoms with Gasteiger partial charge in [-0.15, -0.1) is 11.8 Å². The molecule has 0 radical (unpaired) electrons. The van der Waals surface area contributed by atoms with Crippen molar-refractivity contribution in [2.24, 2.45) is 0 Å². The van der Waals surface area contributed by atoms with Crippen LogP contribution in [0.15, 0.2) is 47.1 Å². The van der Waals surface area contributed by atoms with E-state index < -0.39 is 11.9 Å². The fourth-order valence-electron chi connectivity index (χ4n) is 2.51. The monoisotopic (exact) mass is 348 g/mol. The van der Waals surface area contributed by atoms with Crippen molar-refractivity contribution in [3.8, 4) is 0 Å². The molecule has 0 aliphatic carbocycles. The molecule has 0 bridgehead atoms. The molecule has 3 rings (SSSR count). The van der Waals surface area contributed by atoms with Gasteiger partial charge in [-0.2, -0.15) is 0 Å². The van der Waals surface area contributed by atoms with E-state index in [1.54, 1.807) is 29.4 Å². The third kappa shape index (κ3) is 3.79. The van der Waals surface area contributed by atoms with E-state index in [1.165, 1.54) is 23.9 Å². The number of nitrogens with one attached hydrogen (secondary N) is 1. The molecule has 1 aromatic carbocycles. The molecule has 0 unspecified atom stereocenters. The number of anilines is 1. The number of aryl methyl sites for hydroxylation is 1. The Labute approximate surface area is 143 Å². The van der Waals surface area contributed by atoms with Crippen LogP contribution in [0.4, 0.5) is 10.1 Å². The molecule has 1 aliphatic heterocycles. The number of halogens is 1. The number of para-hydroxylation sites is 1. The molecule has 1 fully saturated rings. The van der Waals surface area contributed by atoms with Gasteiger partial charge in [-0.1, -0.05) is 12.1 Å². The first-order valence-electron chi connectivity index (χ1n) is 7.60. The van der Waals surface area contributed by atoms with Crippen molar-refractivity contribution in [3.05, 3.63) is 54.2 Å². The third-order valence-corrected chi connectivity index (χ3v) is 4.81. The number of thioether (sulfide) groups is 1. The maximum atomic E-state index is 13.7. The highest BCUT2D eigenvalue weighted by Gasteiger charge is 2.34. The Bertz CT molecular complexity index is 720. The second-order valence-electron chi connectivity index (χ2n) is 5.43. The van der Waals surface area contributed by atoms with Crippen LogP contribution >= 0.6 is 11.8 Å². The Hall–Kier alpha value is -2.28. The summed E-state index contributed by atoms with van der Waals surface area (Å²) in [4.78, 5) is 26.3. The van der Waals surface area contributed by atoms with Gasteiger partial charge in [0.15, 0.2) is 0 Å². The van der Waals surface area contributed by atoms with E-state index in [-0.39, 0.29) is 23.9 Å². The average molecular weight is 348 g/mol. The van der Waals surface area contributed by atoms with Crippen LogP contribution in [0, 0.1) is 5.82 Å². The SMILES string of the molecule is O=C(Nc1ccccc1F)[C@@H]1CSCN1C(=O)CCc1ccco1. The predicted octanol–water partition coefficient (Wildman–Crippen LogP) is 2.89. The van der Waals surface area contributed by atoms with Crippen molar-refractivity contribution in [1.82, 2.24) is 4.90 Å². The van der Waals surface area contributed by atoms with Crippen LogP contribution in [0.1, 0.15) is 12.2 Å². The molecule has 5 nitrogen and oxygen atoms in total. The van der Waals surface area contributed by atoms with Gasteiger partial charge in [0.2, 0.25) is 11.8 Å². The number of carbonyl (C=O) groups is 2. The molecular formula is C17H17FN2O3S. The summed E-state index contributed by atoms with van der Waals surface area (Å²) in [6, 6.07) is 8.99. The van der Waals surface area contributed by atoms with E-state index in [0.29, 0.717) is 18.1 Å². The van der Waals surface area contributed by atoms with Gasteiger partial charge in [0.25, 0.3) is 0 Å². The summed E-state index contributed by atoms with van der Waals surface area (Å²) < 4.78 is 18.9. The van der Waals surface area contributed by atoms with Crippen molar-refractivity contribution in [3.63, 3.8) is 0 Å². The van der Waals surface area contributed by atoms with Gasteiger partial charge in [-0.05, 0) is 24.3 Å². The molecule has 1 N–H and O–H groups in total. The van der Waals surface area contributed by atoms with Crippen LogP contribution < -0.4 is 5.32 Å². The summed E-state index contributed by atoms with van der Waals surface area (Å²) in [5.41, 5.74) is 0.127. The first kappa shape index (κ1) is 16.6. The number of benzene rings is 1. The standard InChI is InChI=1S/C17H17FN2O3S/c18-13-5-1-2-6-14(13)19-17(22)15-10-24-11-20(15)16(21)8-7-12-4-3-9-23-12/h1-6,9,15H,7-8,10-11H2,(H,19,22)/t15-/m0/s1. The Kier molecular flexibility index (Phi) is 5.20. The Morgan fingerprint density at radius 1 is 1.29 bits per heavy atom. The summed E-state index contributed by atoms with van der Waals surface area (Å²) in [5, 5.41) is 2.57. The second kappa shape index (κ2) is 7.53. The van der Waals surface area contributed by atoms with E-state index in [2.05, 4.69) is 5.32 Å². The fourth-order valence-corrected chi connectivity index (χ4v) is 3.69. The molecule has 1 aromatic heterocycles. The minimum absolute atomic E-state index is 0.106. The molecule has 0 spiro atoms. The van der Waals surface area contributed by atoms with Gasteiger partial charge in [0, 0.05) is 18.6 Å². The molecule has 1 saturated heterocycles. The molecule has 1 aliphatic rings. The quantitative estimate of drug-likeness (QED) is 0.902. The van der Waals surface area contributed by atoms with Crippen molar-refractivity contribution in [1.29, 1.82) is 0 Å². The van der Waals surface area contributed by atoms with Gasteiger partial charge < -0.3 is 14.6 Å². The fraction of sp³-hybridized carbons (Fsp3) is 0.294. The number of rotatable bonds is 5. The highest BCUT2D eigenvalue weighted by Crippen LogP contribution is 2.24. The highest BCUT2D eigenvalue weighted by molar-refractivity contribution is 7.99. The lowest BCUT2D eigenvalue weighted by Crippen LogP contribution is -2.44. The second-order valence-corrected chi connectivity index (χ2v) is 6.43. The summed E-state index contributed by atoms with van der Waals surface area (Å²) in [6.07, 6.45) is 2.34. The van der Waals surface area contributed by atoms with Crippen LogP contribution in [0.5, 0.6) is 0 Å². The van der Waals surface area contributed by atoms with Crippen LogP contribution in [0.2, 0.25) is 0 Å². The zero-order chi connectivity index (χ0) is 16.9. The van der Waals surface area contributed by atoms with E-state index in [9.17, 15) is 14.0 Å². The molecule has 1 atom stereocenters. The molecule has 2 heterocycles. The number of amides is 2. The summed E-state index contributed by atoms with van der Waals surface area (Å²) in [7, 11) is 0. The number of carbonyl (C=O) groups excluding carboxylic acids is 2. The number of hydrogen-bond donors (Lipinski definition) is 1. The van der Waals surface area contributed by atoms with E-state index in [1.807, 2.05) is 6.07 Å². The summed E-state index contributed by atoms with van der Waals surface area (Å²) >= 11 is 1.51. The van der Waals surface area contributed by atoms with Crippen LogP contribution in [0.25, 0.3) is 0 Å². The van der Waals surface area contributed by atoms with Gasteiger partial charge >= 0.3 is 0 Å². The smallest absolute Gasteiger partial charge is 0.248 e. The molecule has 24 heavy (non-hydrogen) atoms. The lowest BCUT2D eigenvalue weighted by atomic mass is 10.2. The van der Waals surface area contributed by atoms with Gasteiger partial charge in [0.1, 0.15) is 17.6 Å². The van der Waals surface area contributed by atoms with Crippen molar-refractivity contribution in [2.45, 2.75) is 18.9 Å². The van der Waals surface area contributed by atoms with Crippen molar-refractivity contribution in [2.75, 3.05) is 16.9 Å². The largest absolute Gasteiger partial charge is 0.469 e. The molecule has 2 aromatic rings. The number of furan rings is 1. The van der Waals surface area contributed by atoms with E-state index >= 15 is 0 Å². The average Bonchev–Trinajstić information content (AvgIpc) is 3.26. The molecular weight excluding hydrogens is 331 g/mol. The topological polar surface area (TPSA) is 62.6 Å². The minimum Gasteiger partial charge on any atom is -0.469 e. The van der Waals surface area contributed by atoms with Crippen LogP contribution in [0.3, 0.4) is 0 Å². The Morgan fingerprint density at radius 3 is 2.88 bits per heavy atom. The summed E-state index contributed by atoms with van der Waals surface area (Å²) in [5.74, 6) is 0.746. The maximum Gasteiger partial charge on any atom is 0.248 e. The van der Waals surface area contributed by atoms with Crippen LogP contribution in [-0.4, -0.2) is 34.4 Å². The van der Waals surface area contributed by atoms with Gasteiger partial charge in [-0.25, -0.2) is 4.39 Å². The zero-order valence-corrected chi connectivity index (χ0v) is 13.7. The molecule has 2 amide bonds. The normalized spacial score (nSPS) is 17.0. The zero-order valence-electron chi connectivity index (χ0n) is 12.9. The summed E-state index contributed by atoms with van der Waals surface area (Å²) in [6.45, 7) is 0. The lowest BCUT2D eigenvalue weighted by molar-refractivity contribution is -0.136. The van der Waals surface area contributed by atoms with E-state index in [0.717, 1.165) is 5.76 Å². The van der Waals surface area contributed by atoms with Gasteiger partial charge in [-0.3, -0.25) is 9.59 Å². The Balaban J connectivity index is 1.61. The van der Waals surface area contributed by atoms with Gasteiger partial charge in [0.05, 0.1) is 17.8 Å². The lowest BCUT2D eigenvalue weighted by Gasteiger charge is -2.23. The molecule has 7 heteroatoms. The number of nitrogens with zero attached hydrogens (tertiary/aromatic N) is 1. The molecule has 0 saturated carbocycles. The number of hydrogen-bond acceptors (Lipinski definition) is 4. The predicted molar refractivity (Wildman–Crippen MR) is 90.0 cm³/mol. The maximum absolute atomic E-state index is 13.7.